The van der Waals surface area contributed by atoms with Crippen molar-refractivity contribution in [3.05, 3.63) is 86.6 Å². The molecular weight excluding hydrogens is 462 g/mol. The molecule has 1 aliphatic heterocycles. The number of aliphatic hydroxyl groups excluding tert-OH is 1. The minimum Gasteiger partial charge on any atom is -0.507 e. The molecule has 2 aliphatic rings. The zero-order valence-corrected chi connectivity index (χ0v) is 20.3. The number of Topliss-reactive ketones (excluding diaryl/α,β-unsaturated/α-hetero) is 1. The van der Waals surface area contributed by atoms with Crippen LogP contribution in [0.25, 0.3) is 5.76 Å². The zero-order chi connectivity index (χ0) is 24.5. The average molecular weight is 490 g/mol. The molecule has 1 saturated heterocycles. The van der Waals surface area contributed by atoms with E-state index in [1.165, 1.54) is 33.4 Å². The van der Waals surface area contributed by atoms with Gasteiger partial charge in [-0.1, -0.05) is 24.3 Å². The number of aryl methyl sites for hydroxylation is 2. The first-order valence-electron chi connectivity index (χ1n) is 11.9. The molecule has 0 radical (unpaired) electrons. The Morgan fingerprint density at radius 2 is 1.89 bits per heavy atom. The molecule has 7 heteroatoms. The summed E-state index contributed by atoms with van der Waals surface area (Å²) in [6.45, 7) is 2.39. The topological polar surface area (TPSA) is 87.1 Å². The fourth-order valence-electron chi connectivity index (χ4n) is 4.97. The Kier molecular flexibility index (Phi) is 6.34. The number of nitrogens with zero attached hydrogens (tertiary/aromatic N) is 1. The monoisotopic (exact) mass is 489 g/mol. The number of phenolic OH excluding ortho intramolecular Hbond substituents is 1. The molecule has 1 atom stereocenters. The van der Waals surface area contributed by atoms with Gasteiger partial charge in [-0.2, -0.15) is 0 Å². The fraction of sp³-hybridized carbons (Fsp3) is 0.286. The van der Waals surface area contributed by atoms with E-state index in [-0.39, 0.29) is 29.4 Å². The number of benzene rings is 2. The lowest BCUT2D eigenvalue weighted by Crippen LogP contribution is -2.28. The first-order chi connectivity index (χ1) is 17.0. The van der Waals surface area contributed by atoms with Gasteiger partial charge in [0.1, 0.15) is 5.76 Å². The second-order valence-corrected chi connectivity index (χ2v) is 9.89. The molecule has 1 unspecified atom stereocenters. The number of carbonyl (C=O) groups excluding carboxylic acids is 2. The van der Waals surface area contributed by atoms with Crippen molar-refractivity contribution in [1.82, 2.24) is 4.90 Å². The van der Waals surface area contributed by atoms with E-state index in [1.807, 2.05) is 42.6 Å². The van der Waals surface area contributed by atoms with Crippen LogP contribution >= 0.6 is 11.3 Å². The minimum absolute atomic E-state index is 0.0273. The van der Waals surface area contributed by atoms with Gasteiger partial charge in [-0.05, 0) is 78.9 Å². The predicted molar refractivity (Wildman–Crippen MR) is 135 cm³/mol. The number of ether oxygens (including phenoxy) is 1. The van der Waals surface area contributed by atoms with Crippen LogP contribution in [0.15, 0.2) is 59.5 Å². The lowest BCUT2D eigenvalue weighted by atomic mass is 9.88. The van der Waals surface area contributed by atoms with Gasteiger partial charge in [-0.25, -0.2) is 0 Å². The first-order valence-corrected chi connectivity index (χ1v) is 12.7. The molecule has 2 heterocycles. The summed E-state index contributed by atoms with van der Waals surface area (Å²) in [5.41, 5.74) is 3.61. The number of phenols is 1. The Morgan fingerprint density at radius 1 is 1.09 bits per heavy atom. The minimum atomic E-state index is -0.812. The van der Waals surface area contributed by atoms with E-state index in [0.29, 0.717) is 17.7 Å². The number of aromatic hydroxyl groups is 1. The van der Waals surface area contributed by atoms with Gasteiger partial charge in [-0.15, -0.1) is 11.3 Å². The highest BCUT2D eigenvalue weighted by Gasteiger charge is 2.46. The van der Waals surface area contributed by atoms with Crippen LogP contribution in [0.5, 0.6) is 11.5 Å². The summed E-state index contributed by atoms with van der Waals surface area (Å²) in [6, 6.07) is 13.6. The van der Waals surface area contributed by atoms with Gasteiger partial charge in [0.25, 0.3) is 11.7 Å². The summed E-state index contributed by atoms with van der Waals surface area (Å²) in [5.74, 6) is -1.32. The van der Waals surface area contributed by atoms with Crippen LogP contribution in [-0.4, -0.2) is 33.4 Å². The van der Waals surface area contributed by atoms with E-state index in [4.69, 9.17) is 4.74 Å². The molecule has 0 saturated carbocycles. The number of aliphatic hydroxyl groups is 1. The van der Waals surface area contributed by atoms with E-state index >= 15 is 0 Å². The highest BCUT2D eigenvalue weighted by Crippen LogP contribution is 2.43. The van der Waals surface area contributed by atoms with Crippen molar-refractivity contribution in [1.29, 1.82) is 0 Å². The number of rotatable bonds is 6. The number of amides is 1. The molecule has 1 amide bonds. The average Bonchev–Trinajstić information content (AvgIpc) is 3.47. The number of hydrogen-bond donors (Lipinski definition) is 2. The van der Waals surface area contributed by atoms with Gasteiger partial charge >= 0.3 is 0 Å². The number of likely N-dealkylation sites (tertiary alicyclic amines) is 1. The van der Waals surface area contributed by atoms with Gasteiger partial charge in [0.2, 0.25) is 0 Å². The zero-order valence-electron chi connectivity index (χ0n) is 19.5. The molecular formula is C28H27NO5S. The number of hydrogen-bond acceptors (Lipinski definition) is 6. The quantitative estimate of drug-likeness (QED) is 0.277. The third kappa shape index (κ3) is 4.32. The lowest BCUT2D eigenvalue weighted by Gasteiger charge is -2.25. The standard InChI is InChI=1S/C28H27NO5S/c1-2-34-23-15-19(11-12-22(23)30)25-24(27(32)28(33)29(25)16-21-8-5-13-35-21)26(31)20-10-9-17-6-3-4-7-18(17)14-20/h5,8-15,25,30-31H,2-4,6-7,16H2,1H3/b26-24+. The summed E-state index contributed by atoms with van der Waals surface area (Å²) in [7, 11) is 0. The molecule has 180 valence electrons. The summed E-state index contributed by atoms with van der Waals surface area (Å²) >= 11 is 1.50. The predicted octanol–water partition coefficient (Wildman–Crippen LogP) is 5.35. The van der Waals surface area contributed by atoms with Crippen LogP contribution in [0.1, 0.15) is 52.9 Å². The largest absolute Gasteiger partial charge is 0.507 e. The Morgan fingerprint density at radius 3 is 2.63 bits per heavy atom. The maximum Gasteiger partial charge on any atom is 0.295 e. The maximum absolute atomic E-state index is 13.3. The Balaban J connectivity index is 1.65. The van der Waals surface area contributed by atoms with Crippen molar-refractivity contribution in [3.63, 3.8) is 0 Å². The van der Waals surface area contributed by atoms with Crippen LogP contribution in [0.2, 0.25) is 0 Å². The van der Waals surface area contributed by atoms with E-state index < -0.39 is 17.7 Å². The van der Waals surface area contributed by atoms with Crippen LogP contribution in [-0.2, 0) is 29.0 Å². The molecule has 0 bridgehead atoms. The van der Waals surface area contributed by atoms with Crippen molar-refractivity contribution in [2.45, 2.75) is 45.2 Å². The van der Waals surface area contributed by atoms with E-state index in [2.05, 4.69) is 0 Å². The molecule has 2 N–H and O–H groups in total. The van der Waals surface area contributed by atoms with Crippen LogP contribution < -0.4 is 4.74 Å². The Hall–Kier alpha value is -3.58. The highest BCUT2D eigenvalue weighted by molar-refractivity contribution is 7.09. The first kappa shape index (κ1) is 23.2. The molecule has 1 aliphatic carbocycles. The molecule has 6 nitrogen and oxygen atoms in total. The van der Waals surface area contributed by atoms with Crippen LogP contribution in [0.3, 0.4) is 0 Å². The SMILES string of the molecule is CCOc1cc(C2/C(=C(\O)c3ccc4c(c3)CCCC4)C(=O)C(=O)N2Cc2cccs2)ccc1O. The molecule has 35 heavy (non-hydrogen) atoms. The summed E-state index contributed by atoms with van der Waals surface area (Å²) in [6.07, 6.45) is 4.18. The van der Waals surface area contributed by atoms with Crippen molar-refractivity contribution in [3.8, 4) is 11.5 Å². The Bertz CT molecular complexity index is 1310. The second kappa shape index (κ2) is 9.58. The summed E-state index contributed by atoms with van der Waals surface area (Å²) < 4.78 is 5.56. The summed E-state index contributed by atoms with van der Waals surface area (Å²) in [4.78, 5) is 29.0. The van der Waals surface area contributed by atoms with Gasteiger partial charge in [0.05, 0.1) is 24.8 Å². The van der Waals surface area contributed by atoms with E-state index in [1.54, 1.807) is 12.1 Å². The van der Waals surface area contributed by atoms with Crippen molar-refractivity contribution < 1.29 is 24.5 Å². The van der Waals surface area contributed by atoms with Gasteiger partial charge in [-0.3, -0.25) is 9.59 Å². The van der Waals surface area contributed by atoms with E-state index in [0.717, 1.165) is 30.6 Å². The van der Waals surface area contributed by atoms with Crippen LogP contribution in [0.4, 0.5) is 0 Å². The molecule has 5 rings (SSSR count). The van der Waals surface area contributed by atoms with Crippen molar-refractivity contribution in [2.24, 2.45) is 0 Å². The molecule has 1 aromatic heterocycles. The number of ketones is 1. The third-order valence-electron chi connectivity index (χ3n) is 6.67. The highest BCUT2D eigenvalue weighted by atomic mass is 32.1. The van der Waals surface area contributed by atoms with Crippen LogP contribution in [0, 0.1) is 0 Å². The lowest BCUT2D eigenvalue weighted by molar-refractivity contribution is -0.140. The smallest absolute Gasteiger partial charge is 0.295 e. The normalized spacial score (nSPS) is 19.1. The fourth-order valence-corrected chi connectivity index (χ4v) is 5.67. The van der Waals surface area contributed by atoms with Crippen molar-refractivity contribution >= 4 is 28.8 Å². The van der Waals surface area contributed by atoms with Crippen molar-refractivity contribution in [2.75, 3.05) is 6.61 Å². The van der Waals surface area contributed by atoms with Gasteiger partial charge in [0, 0.05) is 10.4 Å². The number of thiophene rings is 1. The van der Waals surface area contributed by atoms with E-state index in [9.17, 15) is 19.8 Å². The third-order valence-corrected chi connectivity index (χ3v) is 7.53. The number of carbonyl (C=O) groups is 2. The number of fused-ring (bicyclic) bond motifs is 1. The maximum atomic E-state index is 13.3. The molecule has 0 spiro atoms. The molecule has 3 aromatic rings. The molecule has 1 fully saturated rings. The van der Waals surface area contributed by atoms with Gasteiger partial charge < -0.3 is 19.8 Å². The second-order valence-electron chi connectivity index (χ2n) is 8.86. The summed E-state index contributed by atoms with van der Waals surface area (Å²) in [5, 5.41) is 23.6. The Labute approximate surface area is 208 Å². The van der Waals surface area contributed by atoms with Gasteiger partial charge in [0.15, 0.2) is 11.5 Å². The molecule has 2 aromatic carbocycles.